The third-order valence-electron chi connectivity index (χ3n) is 8.00. The highest BCUT2D eigenvalue weighted by molar-refractivity contribution is 5.79. The molecule has 1 unspecified atom stereocenters. The van der Waals surface area contributed by atoms with Crippen LogP contribution in [0.2, 0.25) is 0 Å². The average Bonchev–Trinajstić information content (AvgIpc) is 2.73. The van der Waals surface area contributed by atoms with Crippen LogP contribution in [0, 0.1) is 0 Å². The number of carbonyl (C=O) groups is 2. The zero-order chi connectivity index (χ0) is 23.2. The van der Waals surface area contributed by atoms with Crippen LogP contribution in [-0.2, 0) is 16.0 Å². The molecule has 0 aromatic heterocycles. The lowest BCUT2D eigenvalue weighted by Gasteiger charge is -2.48. The molecule has 1 aromatic carbocycles. The first-order valence-electron chi connectivity index (χ1n) is 12.8. The number of likely N-dealkylation sites (tertiary alicyclic amines) is 2. The molecule has 2 saturated heterocycles. The van der Waals surface area contributed by atoms with Gasteiger partial charge in [-0.3, -0.25) is 4.79 Å². The van der Waals surface area contributed by atoms with Crippen molar-refractivity contribution in [3.8, 4) is 5.75 Å². The van der Waals surface area contributed by atoms with E-state index in [0.717, 1.165) is 57.5 Å². The monoisotopic (exact) mass is 454 g/mol. The van der Waals surface area contributed by atoms with Crippen LogP contribution in [0.15, 0.2) is 18.2 Å². The van der Waals surface area contributed by atoms with E-state index in [1.54, 1.807) is 0 Å². The normalized spacial score (nSPS) is 26.6. The lowest BCUT2D eigenvalue weighted by Crippen LogP contribution is -2.56. The van der Waals surface area contributed by atoms with Crippen LogP contribution < -0.4 is 4.74 Å². The number of rotatable bonds is 2. The van der Waals surface area contributed by atoms with Crippen LogP contribution in [0.3, 0.4) is 0 Å². The van der Waals surface area contributed by atoms with Gasteiger partial charge in [-0.1, -0.05) is 12.1 Å². The fourth-order valence-electron chi connectivity index (χ4n) is 5.82. The van der Waals surface area contributed by atoms with Gasteiger partial charge in [0, 0.05) is 32.1 Å². The molecule has 1 aliphatic carbocycles. The van der Waals surface area contributed by atoms with Crippen molar-refractivity contribution in [2.24, 2.45) is 0 Å². The molecular weight excluding hydrogens is 416 g/mol. The van der Waals surface area contributed by atoms with Crippen molar-refractivity contribution < 1.29 is 19.1 Å². The summed E-state index contributed by atoms with van der Waals surface area (Å²) < 4.78 is 12.1. The SMILES string of the molecule is CC(C)(C)OC(=O)N1CCC(c2ccc3c(c2)CCC2(CCN(C4CCC4)C(=O)C2)O3)CC1. The van der Waals surface area contributed by atoms with E-state index in [9.17, 15) is 9.59 Å². The molecule has 3 heterocycles. The molecule has 1 saturated carbocycles. The van der Waals surface area contributed by atoms with Crippen molar-refractivity contribution in [2.75, 3.05) is 19.6 Å². The molecule has 2 amide bonds. The highest BCUT2D eigenvalue weighted by Crippen LogP contribution is 2.42. The fourth-order valence-corrected chi connectivity index (χ4v) is 5.82. The van der Waals surface area contributed by atoms with Gasteiger partial charge in [-0.25, -0.2) is 4.79 Å². The molecule has 1 atom stereocenters. The maximum atomic E-state index is 12.8. The summed E-state index contributed by atoms with van der Waals surface area (Å²) in [6.07, 6.45) is 8.65. The van der Waals surface area contributed by atoms with Crippen LogP contribution >= 0.6 is 0 Å². The smallest absolute Gasteiger partial charge is 0.410 e. The number of hydrogen-bond donors (Lipinski definition) is 0. The van der Waals surface area contributed by atoms with E-state index < -0.39 is 5.60 Å². The molecule has 6 heteroatoms. The second kappa shape index (κ2) is 8.52. The highest BCUT2D eigenvalue weighted by Gasteiger charge is 2.45. The van der Waals surface area contributed by atoms with Crippen molar-refractivity contribution in [2.45, 2.75) is 102 Å². The van der Waals surface area contributed by atoms with E-state index in [4.69, 9.17) is 9.47 Å². The molecule has 0 bridgehead atoms. The van der Waals surface area contributed by atoms with Gasteiger partial charge in [-0.15, -0.1) is 0 Å². The Bertz CT molecular complexity index is 911. The van der Waals surface area contributed by atoms with Gasteiger partial charge >= 0.3 is 6.09 Å². The number of nitrogens with zero attached hydrogens (tertiary/aromatic N) is 2. The highest BCUT2D eigenvalue weighted by atomic mass is 16.6. The molecule has 3 aliphatic heterocycles. The minimum atomic E-state index is -0.456. The van der Waals surface area contributed by atoms with E-state index in [-0.39, 0.29) is 17.6 Å². The van der Waals surface area contributed by atoms with E-state index in [1.165, 1.54) is 30.4 Å². The Morgan fingerprint density at radius 1 is 1.09 bits per heavy atom. The molecule has 0 radical (unpaired) electrons. The van der Waals surface area contributed by atoms with E-state index in [0.29, 0.717) is 18.4 Å². The summed E-state index contributed by atoms with van der Waals surface area (Å²) in [6, 6.07) is 7.10. The number of carbonyl (C=O) groups excluding carboxylic acids is 2. The van der Waals surface area contributed by atoms with Crippen molar-refractivity contribution in [3.05, 3.63) is 29.3 Å². The molecule has 5 rings (SSSR count). The molecule has 180 valence electrons. The minimum absolute atomic E-state index is 0.206. The largest absolute Gasteiger partial charge is 0.486 e. The Labute approximate surface area is 197 Å². The lowest BCUT2D eigenvalue weighted by molar-refractivity contribution is -0.147. The molecule has 6 nitrogen and oxygen atoms in total. The van der Waals surface area contributed by atoms with Crippen molar-refractivity contribution in [1.29, 1.82) is 0 Å². The maximum absolute atomic E-state index is 12.8. The Balaban J connectivity index is 1.19. The Morgan fingerprint density at radius 3 is 2.48 bits per heavy atom. The lowest BCUT2D eigenvalue weighted by atomic mass is 9.80. The van der Waals surface area contributed by atoms with Crippen molar-refractivity contribution in [3.63, 3.8) is 0 Å². The topological polar surface area (TPSA) is 59.1 Å². The third kappa shape index (κ3) is 4.71. The zero-order valence-corrected chi connectivity index (χ0v) is 20.4. The van der Waals surface area contributed by atoms with Gasteiger partial charge < -0.3 is 19.3 Å². The van der Waals surface area contributed by atoms with E-state index in [2.05, 4.69) is 23.1 Å². The third-order valence-corrected chi connectivity index (χ3v) is 8.00. The molecule has 3 fully saturated rings. The fraction of sp³-hybridized carbons (Fsp3) is 0.704. The van der Waals surface area contributed by atoms with Gasteiger partial charge in [0.05, 0.1) is 6.42 Å². The molecule has 33 heavy (non-hydrogen) atoms. The Hall–Kier alpha value is -2.24. The number of aryl methyl sites for hydroxylation is 1. The average molecular weight is 455 g/mol. The van der Waals surface area contributed by atoms with Crippen LogP contribution in [0.25, 0.3) is 0 Å². The van der Waals surface area contributed by atoms with Gasteiger partial charge in [0.2, 0.25) is 5.91 Å². The Morgan fingerprint density at radius 2 is 1.85 bits per heavy atom. The quantitative estimate of drug-likeness (QED) is 0.628. The predicted octanol–water partition coefficient (Wildman–Crippen LogP) is 5.04. The minimum Gasteiger partial charge on any atom is -0.486 e. The van der Waals surface area contributed by atoms with Gasteiger partial charge in [0.25, 0.3) is 0 Å². The van der Waals surface area contributed by atoms with Crippen LogP contribution in [0.4, 0.5) is 4.79 Å². The van der Waals surface area contributed by atoms with Crippen LogP contribution in [0.5, 0.6) is 5.75 Å². The predicted molar refractivity (Wildman–Crippen MR) is 126 cm³/mol. The summed E-state index contributed by atoms with van der Waals surface area (Å²) in [6.45, 7) is 8.03. The number of ether oxygens (including phenoxy) is 2. The second-order valence-corrected chi connectivity index (χ2v) is 11.5. The van der Waals surface area contributed by atoms with Gasteiger partial charge in [0.15, 0.2) is 0 Å². The zero-order valence-electron chi connectivity index (χ0n) is 20.4. The Kier molecular flexibility index (Phi) is 5.82. The summed E-state index contributed by atoms with van der Waals surface area (Å²) in [5.41, 5.74) is 1.84. The summed E-state index contributed by atoms with van der Waals surface area (Å²) in [5.74, 6) is 1.70. The summed E-state index contributed by atoms with van der Waals surface area (Å²) >= 11 is 0. The summed E-state index contributed by atoms with van der Waals surface area (Å²) in [5, 5.41) is 0. The molecule has 4 aliphatic rings. The van der Waals surface area contributed by atoms with Crippen LogP contribution in [-0.4, -0.2) is 58.7 Å². The molecule has 1 spiro atoms. The summed E-state index contributed by atoms with van der Waals surface area (Å²) in [7, 11) is 0. The summed E-state index contributed by atoms with van der Waals surface area (Å²) in [4.78, 5) is 29.1. The van der Waals surface area contributed by atoms with E-state index in [1.807, 2.05) is 25.7 Å². The maximum Gasteiger partial charge on any atom is 0.410 e. The van der Waals surface area contributed by atoms with E-state index >= 15 is 0 Å². The number of piperidine rings is 2. The van der Waals surface area contributed by atoms with Gasteiger partial charge in [-0.05, 0) is 88.8 Å². The van der Waals surface area contributed by atoms with Gasteiger partial charge in [0.1, 0.15) is 17.0 Å². The number of amides is 2. The number of benzene rings is 1. The van der Waals surface area contributed by atoms with Crippen molar-refractivity contribution >= 4 is 12.0 Å². The standard InChI is InChI=1S/C27H38N2O4/c1-26(2,3)33-25(31)28-14-10-19(11-15-28)20-7-8-23-21(17-20)9-12-27(32-23)13-16-29(24(30)18-27)22-5-4-6-22/h7-8,17,19,22H,4-6,9-16,18H2,1-3H3. The van der Waals surface area contributed by atoms with Gasteiger partial charge in [-0.2, -0.15) is 0 Å². The number of fused-ring (bicyclic) bond motifs is 1. The van der Waals surface area contributed by atoms with Crippen LogP contribution in [0.1, 0.15) is 89.2 Å². The van der Waals surface area contributed by atoms with Crippen molar-refractivity contribution in [1.82, 2.24) is 9.80 Å². The first kappa shape index (κ1) is 22.5. The first-order valence-corrected chi connectivity index (χ1v) is 12.8. The second-order valence-electron chi connectivity index (χ2n) is 11.5. The molecule has 0 N–H and O–H groups in total. The number of hydrogen-bond acceptors (Lipinski definition) is 4. The first-order chi connectivity index (χ1) is 15.7. The molecule has 1 aromatic rings. The molecular formula is C27H38N2O4.